The molecule has 0 atom stereocenters. The Morgan fingerprint density at radius 3 is 2.32 bits per heavy atom. The van der Waals surface area contributed by atoms with Crippen molar-refractivity contribution in [3.63, 3.8) is 0 Å². The molecule has 5 heteroatoms. The van der Waals surface area contributed by atoms with Crippen LogP contribution in [-0.4, -0.2) is 30.8 Å². The second-order valence-corrected chi connectivity index (χ2v) is 6.79. The van der Waals surface area contributed by atoms with E-state index >= 15 is 0 Å². The molecule has 108 valence electrons. The molecule has 0 unspecified atom stereocenters. The molecule has 0 heterocycles. The Bertz CT molecular complexity index is 368. The Hall–Kier alpha value is -1.41. The van der Waals surface area contributed by atoms with Crippen molar-refractivity contribution in [3.05, 3.63) is 4.85 Å². The predicted molar refractivity (Wildman–Crippen MR) is 83.5 cm³/mol. The van der Waals surface area contributed by atoms with E-state index in [0.717, 1.165) is 6.42 Å². The summed E-state index contributed by atoms with van der Waals surface area (Å²) in [7, 11) is 1.77. The first kappa shape index (κ1) is 17.6. The van der Waals surface area contributed by atoms with Gasteiger partial charge < -0.3 is 4.99 Å². The second kappa shape index (κ2) is 7.25. The van der Waals surface area contributed by atoms with E-state index in [9.17, 15) is 0 Å². The van der Waals surface area contributed by atoms with Gasteiger partial charge in [0.25, 0.3) is 0 Å². The third-order valence-electron chi connectivity index (χ3n) is 2.49. The van der Waals surface area contributed by atoms with Gasteiger partial charge in [0.1, 0.15) is 6.57 Å². The maximum atomic E-state index is 5.86. The number of hydrogen-bond acceptors (Lipinski definition) is 4. The molecule has 0 rings (SSSR count). The number of hydrogen-bond donors (Lipinski definition) is 1. The smallest absolute Gasteiger partial charge is 0.301 e. The summed E-state index contributed by atoms with van der Waals surface area (Å²) >= 11 is 0. The zero-order valence-corrected chi connectivity index (χ0v) is 13.1. The van der Waals surface area contributed by atoms with Gasteiger partial charge in [0.05, 0.1) is 18.1 Å². The van der Waals surface area contributed by atoms with Gasteiger partial charge in [-0.25, -0.2) is 5.84 Å². The zero-order chi connectivity index (χ0) is 15.1. The summed E-state index contributed by atoms with van der Waals surface area (Å²) in [6, 6.07) is 0. The molecule has 0 fully saturated rings. The highest BCUT2D eigenvalue weighted by Gasteiger charge is 2.27. The van der Waals surface area contributed by atoms with E-state index in [1.165, 1.54) is 5.12 Å². The number of rotatable bonds is 6. The first-order valence-electron chi connectivity index (χ1n) is 6.51. The van der Waals surface area contributed by atoms with Crippen LogP contribution in [0.25, 0.3) is 4.85 Å². The summed E-state index contributed by atoms with van der Waals surface area (Å²) in [6.45, 7) is 16.6. The summed E-state index contributed by atoms with van der Waals surface area (Å²) in [6.07, 6.45) is 3.40. The number of hydrazine groups is 1. The van der Waals surface area contributed by atoms with E-state index in [1.54, 1.807) is 7.05 Å². The van der Waals surface area contributed by atoms with E-state index in [2.05, 4.69) is 49.6 Å². The standard InChI is InChI=1S/C14H28N5/c1-13(2,3)11-19(15)18-12(17-7)10-14(4,5)8-9-16-6/h7,9H,8,10-11,15H2,1-6H3/q+1/b16-9+,18-12-. The van der Waals surface area contributed by atoms with E-state index < -0.39 is 0 Å². The molecule has 2 N–H and O–H groups in total. The van der Waals surface area contributed by atoms with Crippen molar-refractivity contribution >= 4 is 12.1 Å². The van der Waals surface area contributed by atoms with Crippen LogP contribution in [0.4, 0.5) is 0 Å². The molecular weight excluding hydrogens is 238 g/mol. The van der Waals surface area contributed by atoms with Gasteiger partial charge in [-0.3, -0.25) is 0 Å². The summed E-state index contributed by atoms with van der Waals surface area (Å²) in [5, 5.41) is 5.68. The average molecular weight is 266 g/mol. The quantitative estimate of drug-likeness (QED) is 0.348. The van der Waals surface area contributed by atoms with Gasteiger partial charge in [0, 0.05) is 7.05 Å². The Morgan fingerprint density at radius 2 is 1.89 bits per heavy atom. The minimum atomic E-state index is 0.00376. The van der Waals surface area contributed by atoms with E-state index in [0.29, 0.717) is 18.8 Å². The summed E-state index contributed by atoms with van der Waals surface area (Å²) in [4.78, 5) is 7.74. The van der Waals surface area contributed by atoms with Crippen LogP contribution < -0.4 is 5.84 Å². The zero-order valence-electron chi connectivity index (χ0n) is 13.1. The third kappa shape index (κ3) is 9.20. The molecule has 0 aliphatic carbocycles. The molecule has 0 aromatic heterocycles. The molecule has 0 aliphatic heterocycles. The lowest BCUT2D eigenvalue weighted by atomic mass is 9.86. The van der Waals surface area contributed by atoms with Gasteiger partial charge in [-0.05, 0) is 23.5 Å². The highest BCUT2D eigenvalue weighted by atomic mass is 15.6. The Morgan fingerprint density at radius 1 is 1.32 bits per heavy atom. The van der Waals surface area contributed by atoms with E-state index in [1.807, 2.05) is 6.21 Å². The maximum Gasteiger partial charge on any atom is 0.425 e. The van der Waals surface area contributed by atoms with Crippen molar-refractivity contribution in [2.24, 2.45) is 26.8 Å². The largest absolute Gasteiger partial charge is 0.425 e. The Labute approximate surface area is 117 Å². The van der Waals surface area contributed by atoms with Crippen LogP contribution in [0.3, 0.4) is 0 Å². The molecule has 5 nitrogen and oxygen atoms in total. The van der Waals surface area contributed by atoms with Crippen LogP contribution in [-0.2, 0) is 0 Å². The van der Waals surface area contributed by atoms with Crippen molar-refractivity contribution in [2.45, 2.75) is 47.5 Å². The number of nitrogens with zero attached hydrogens (tertiary/aromatic N) is 4. The van der Waals surface area contributed by atoms with Crippen LogP contribution in [0.2, 0.25) is 0 Å². The monoisotopic (exact) mass is 266 g/mol. The number of amidine groups is 1. The van der Waals surface area contributed by atoms with Crippen LogP contribution in [0.5, 0.6) is 0 Å². The first-order chi connectivity index (χ1) is 8.59. The molecule has 0 aromatic carbocycles. The average Bonchev–Trinajstić information content (AvgIpc) is 2.22. The highest BCUT2D eigenvalue weighted by Crippen LogP contribution is 2.25. The lowest BCUT2D eigenvalue weighted by molar-refractivity contribution is 0.201. The first-order valence-corrected chi connectivity index (χ1v) is 6.51. The van der Waals surface area contributed by atoms with Crippen molar-refractivity contribution in [1.82, 2.24) is 5.12 Å². The van der Waals surface area contributed by atoms with Gasteiger partial charge in [0.2, 0.25) is 0 Å². The molecule has 0 saturated carbocycles. The van der Waals surface area contributed by atoms with Crippen LogP contribution in [0.15, 0.2) is 10.1 Å². The predicted octanol–water partition coefficient (Wildman–Crippen LogP) is 2.99. The summed E-state index contributed by atoms with van der Waals surface area (Å²) in [5.41, 5.74) is 0.0755. The van der Waals surface area contributed by atoms with Gasteiger partial charge in [-0.2, -0.15) is 4.85 Å². The van der Waals surface area contributed by atoms with Gasteiger partial charge in [-0.1, -0.05) is 34.6 Å². The van der Waals surface area contributed by atoms with Crippen molar-refractivity contribution in [2.75, 3.05) is 13.6 Å². The fourth-order valence-electron chi connectivity index (χ4n) is 1.62. The van der Waals surface area contributed by atoms with Crippen molar-refractivity contribution < 1.29 is 0 Å². The van der Waals surface area contributed by atoms with Crippen molar-refractivity contribution in [1.29, 1.82) is 0 Å². The normalized spacial score (nSPS) is 13.7. The third-order valence-corrected chi connectivity index (χ3v) is 2.49. The van der Waals surface area contributed by atoms with Crippen LogP contribution in [0.1, 0.15) is 47.5 Å². The molecule has 0 spiro atoms. The minimum absolute atomic E-state index is 0.00376. The lowest BCUT2D eigenvalue weighted by Gasteiger charge is -2.21. The number of nitrogens with two attached hydrogens (primary N) is 1. The number of aliphatic imine (C=N–C) groups is 1. The molecule has 0 bridgehead atoms. The molecule has 0 saturated heterocycles. The number of hydrazone groups is 1. The van der Waals surface area contributed by atoms with E-state index in [-0.39, 0.29) is 10.8 Å². The summed E-state index contributed by atoms with van der Waals surface area (Å²) in [5.74, 6) is 6.42. The van der Waals surface area contributed by atoms with Gasteiger partial charge >= 0.3 is 5.84 Å². The van der Waals surface area contributed by atoms with Gasteiger partial charge in [0.15, 0.2) is 0 Å². The van der Waals surface area contributed by atoms with E-state index in [4.69, 9.17) is 12.4 Å². The van der Waals surface area contributed by atoms with Crippen molar-refractivity contribution in [3.8, 4) is 6.57 Å². The minimum Gasteiger partial charge on any atom is -0.301 e. The summed E-state index contributed by atoms with van der Waals surface area (Å²) < 4.78 is 0. The fraction of sp³-hybridized carbons (Fsp3) is 0.786. The SMILES string of the molecule is C#[N+]/C(CC(C)(C)C/C=N/C)=N\N(N)CC(C)(C)C. The second-order valence-electron chi connectivity index (χ2n) is 6.79. The van der Waals surface area contributed by atoms with Gasteiger partial charge in [-0.15, -0.1) is 5.12 Å². The van der Waals surface area contributed by atoms with Crippen LogP contribution >= 0.6 is 0 Å². The molecule has 19 heavy (non-hydrogen) atoms. The maximum absolute atomic E-state index is 5.86. The molecular formula is C14H28N5+. The fourth-order valence-corrected chi connectivity index (χ4v) is 1.62. The Kier molecular flexibility index (Phi) is 6.71. The Balaban J connectivity index is 4.70. The topological polar surface area (TPSA) is 58.3 Å². The molecule has 0 radical (unpaired) electrons. The molecule has 0 amide bonds. The lowest BCUT2D eigenvalue weighted by Crippen LogP contribution is -2.35. The van der Waals surface area contributed by atoms with Crippen LogP contribution in [0, 0.1) is 17.4 Å². The highest BCUT2D eigenvalue weighted by molar-refractivity contribution is 5.92. The molecule has 0 aromatic rings. The molecule has 0 aliphatic rings.